The molecular weight excluding hydrogens is 254 g/mol. The van der Waals surface area contributed by atoms with Crippen LogP contribution in [0.3, 0.4) is 0 Å². The van der Waals surface area contributed by atoms with Crippen LogP contribution in [0.5, 0.6) is 0 Å². The first kappa shape index (κ1) is 14.0. The van der Waals surface area contributed by atoms with Crippen LogP contribution < -0.4 is 10.6 Å². The molecule has 2 aromatic heterocycles. The van der Waals surface area contributed by atoms with Gasteiger partial charge in [0.15, 0.2) is 0 Å². The zero-order valence-corrected chi connectivity index (χ0v) is 12.4. The minimum atomic E-state index is 0.421. The summed E-state index contributed by atoms with van der Waals surface area (Å²) in [5.41, 5.74) is 6.90. The van der Waals surface area contributed by atoms with Crippen molar-refractivity contribution in [3.63, 3.8) is 0 Å². The molecule has 102 valence electrons. The topological polar surface area (TPSA) is 42.2 Å². The Balaban J connectivity index is 2.12. The number of rotatable bonds is 6. The molecule has 0 aromatic carbocycles. The Morgan fingerprint density at radius 3 is 2.89 bits per heavy atom. The molecule has 2 heterocycles. The average Bonchev–Trinajstić information content (AvgIpc) is 2.92. The van der Waals surface area contributed by atoms with Gasteiger partial charge < -0.3 is 10.6 Å². The van der Waals surface area contributed by atoms with Crippen LogP contribution in [-0.4, -0.2) is 24.6 Å². The SMILES string of the molecule is CC(Cc1cccs1)N(C)c1ncccc1CCN. The van der Waals surface area contributed by atoms with Gasteiger partial charge >= 0.3 is 0 Å². The first-order chi connectivity index (χ1) is 9.22. The Bertz CT molecular complexity index is 496. The van der Waals surface area contributed by atoms with E-state index in [-0.39, 0.29) is 0 Å². The van der Waals surface area contributed by atoms with Crippen LogP contribution in [0.15, 0.2) is 35.8 Å². The quantitative estimate of drug-likeness (QED) is 0.881. The third-order valence-electron chi connectivity index (χ3n) is 3.35. The number of likely N-dealkylation sites (N-methyl/N-ethyl adjacent to an activating group) is 1. The van der Waals surface area contributed by atoms with Crippen molar-refractivity contribution in [1.29, 1.82) is 0 Å². The number of nitrogens with zero attached hydrogens (tertiary/aromatic N) is 2. The van der Waals surface area contributed by atoms with Gasteiger partial charge in [-0.1, -0.05) is 12.1 Å². The van der Waals surface area contributed by atoms with Gasteiger partial charge in [-0.05, 0) is 43.0 Å². The minimum Gasteiger partial charge on any atom is -0.356 e. The van der Waals surface area contributed by atoms with Crippen molar-refractivity contribution < 1.29 is 0 Å². The zero-order chi connectivity index (χ0) is 13.7. The standard InChI is InChI=1S/C15H21N3S/c1-12(11-14-6-4-10-19-14)18(2)15-13(7-8-16)5-3-9-17-15/h3-6,9-10,12H,7-8,11,16H2,1-2H3. The summed E-state index contributed by atoms with van der Waals surface area (Å²) in [4.78, 5) is 8.19. The van der Waals surface area contributed by atoms with E-state index in [0.717, 1.165) is 18.7 Å². The van der Waals surface area contributed by atoms with Gasteiger partial charge in [0.05, 0.1) is 0 Å². The summed E-state index contributed by atoms with van der Waals surface area (Å²) in [6, 6.07) is 8.81. The molecule has 2 N–H and O–H groups in total. The predicted octanol–water partition coefficient (Wildman–Crippen LogP) is 2.71. The predicted molar refractivity (Wildman–Crippen MR) is 82.9 cm³/mol. The summed E-state index contributed by atoms with van der Waals surface area (Å²) in [5, 5.41) is 2.13. The van der Waals surface area contributed by atoms with E-state index in [1.165, 1.54) is 10.4 Å². The number of nitrogens with two attached hydrogens (primary N) is 1. The maximum Gasteiger partial charge on any atom is 0.131 e. The molecule has 1 atom stereocenters. The summed E-state index contributed by atoms with van der Waals surface area (Å²) >= 11 is 1.81. The van der Waals surface area contributed by atoms with E-state index in [9.17, 15) is 0 Å². The molecule has 3 nitrogen and oxygen atoms in total. The fourth-order valence-corrected chi connectivity index (χ4v) is 2.99. The van der Waals surface area contributed by atoms with Crippen LogP contribution in [0, 0.1) is 0 Å². The van der Waals surface area contributed by atoms with Crippen molar-refractivity contribution in [3.8, 4) is 0 Å². The van der Waals surface area contributed by atoms with E-state index in [1.54, 1.807) is 0 Å². The summed E-state index contributed by atoms with van der Waals surface area (Å²) in [7, 11) is 2.11. The lowest BCUT2D eigenvalue weighted by atomic mass is 10.1. The molecular formula is C15H21N3S. The summed E-state index contributed by atoms with van der Waals surface area (Å²) < 4.78 is 0. The number of aromatic nitrogens is 1. The van der Waals surface area contributed by atoms with Gasteiger partial charge in [0.1, 0.15) is 5.82 Å². The summed E-state index contributed by atoms with van der Waals surface area (Å²) in [5.74, 6) is 1.05. The molecule has 0 fully saturated rings. The van der Waals surface area contributed by atoms with Gasteiger partial charge in [0, 0.05) is 30.6 Å². The summed E-state index contributed by atoms with van der Waals surface area (Å²) in [6.07, 6.45) is 3.77. The highest BCUT2D eigenvalue weighted by molar-refractivity contribution is 7.09. The monoisotopic (exact) mass is 275 g/mol. The molecule has 1 unspecified atom stereocenters. The maximum atomic E-state index is 5.67. The molecule has 0 amide bonds. The van der Waals surface area contributed by atoms with Gasteiger partial charge in [0.25, 0.3) is 0 Å². The van der Waals surface area contributed by atoms with Crippen molar-refractivity contribution in [1.82, 2.24) is 4.98 Å². The zero-order valence-electron chi connectivity index (χ0n) is 11.5. The molecule has 0 saturated heterocycles. The number of pyridine rings is 1. The van der Waals surface area contributed by atoms with Crippen molar-refractivity contribution in [2.45, 2.75) is 25.8 Å². The van der Waals surface area contributed by atoms with Gasteiger partial charge in [-0.15, -0.1) is 11.3 Å². The van der Waals surface area contributed by atoms with Crippen molar-refractivity contribution in [3.05, 3.63) is 46.3 Å². The van der Waals surface area contributed by atoms with Gasteiger partial charge in [-0.25, -0.2) is 4.98 Å². The smallest absolute Gasteiger partial charge is 0.131 e. The van der Waals surface area contributed by atoms with E-state index < -0.39 is 0 Å². The number of anilines is 1. The van der Waals surface area contributed by atoms with Crippen LogP contribution in [0.25, 0.3) is 0 Å². The second-order valence-corrected chi connectivity index (χ2v) is 5.80. The van der Waals surface area contributed by atoms with Gasteiger partial charge in [-0.2, -0.15) is 0 Å². The Kier molecular flexibility index (Phi) is 4.93. The lowest BCUT2D eigenvalue weighted by Gasteiger charge is -2.27. The molecule has 4 heteroatoms. The Hall–Kier alpha value is -1.39. The average molecular weight is 275 g/mol. The lowest BCUT2D eigenvalue weighted by molar-refractivity contribution is 0.676. The molecule has 0 aliphatic carbocycles. The van der Waals surface area contributed by atoms with Crippen LogP contribution in [0.2, 0.25) is 0 Å². The van der Waals surface area contributed by atoms with Crippen LogP contribution >= 0.6 is 11.3 Å². The van der Waals surface area contributed by atoms with E-state index >= 15 is 0 Å². The van der Waals surface area contributed by atoms with E-state index in [1.807, 2.05) is 23.6 Å². The highest BCUT2D eigenvalue weighted by Crippen LogP contribution is 2.21. The molecule has 0 radical (unpaired) electrons. The lowest BCUT2D eigenvalue weighted by Crippen LogP contribution is -2.32. The Morgan fingerprint density at radius 1 is 1.37 bits per heavy atom. The van der Waals surface area contributed by atoms with Crippen molar-refractivity contribution >= 4 is 17.2 Å². The summed E-state index contributed by atoms with van der Waals surface area (Å²) in [6.45, 7) is 2.90. The first-order valence-corrected chi connectivity index (χ1v) is 7.49. The van der Waals surface area contributed by atoms with Gasteiger partial charge in [0.2, 0.25) is 0 Å². The molecule has 0 bridgehead atoms. The third kappa shape index (κ3) is 3.55. The minimum absolute atomic E-state index is 0.421. The third-order valence-corrected chi connectivity index (χ3v) is 4.25. The first-order valence-electron chi connectivity index (χ1n) is 6.61. The van der Waals surface area contributed by atoms with Crippen LogP contribution in [-0.2, 0) is 12.8 Å². The van der Waals surface area contributed by atoms with Crippen molar-refractivity contribution in [2.24, 2.45) is 5.73 Å². The maximum absolute atomic E-state index is 5.67. The van der Waals surface area contributed by atoms with Crippen molar-refractivity contribution in [2.75, 3.05) is 18.5 Å². The molecule has 0 aliphatic heterocycles. The highest BCUT2D eigenvalue weighted by atomic mass is 32.1. The Labute approximate surface area is 119 Å². The van der Waals surface area contributed by atoms with Gasteiger partial charge in [-0.3, -0.25) is 0 Å². The highest BCUT2D eigenvalue weighted by Gasteiger charge is 2.15. The molecule has 2 rings (SSSR count). The fourth-order valence-electron chi connectivity index (χ4n) is 2.16. The van der Waals surface area contributed by atoms with E-state index in [2.05, 4.69) is 47.4 Å². The number of thiophene rings is 1. The van der Waals surface area contributed by atoms with Crippen LogP contribution in [0.1, 0.15) is 17.4 Å². The Morgan fingerprint density at radius 2 is 2.21 bits per heavy atom. The number of hydrogen-bond donors (Lipinski definition) is 1. The number of hydrogen-bond acceptors (Lipinski definition) is 4. The largest absolute Gasteiger partial charge is 0.356 e. The molecule has 0 saturated carbocycles. The molecule has 0 spiro atoms. The van der Waals surface area contributed by atoms with E-state index in [4.69, 9.17) is 5.73 Å². The second kappa shape index (κ2) is 6.68. The fraction of sp³-hybridized carbons (Fsp3) is 0.400. The normalized spacial score (nSPS) is 12.4. The second-order valence-electron chi connectivity index (χ2n) is 4.77. The van der Waals surface area contributed by atoms with E-state index in [0.29, 0.717) is 12.6 Å². The van der Waals surface area contributed by atoms with Crippen LogP contribution in [0.4, 0.5) is 5.82 Å². The molecule has 19 heavy (non-hydrogen) atoms. The molecule has 2 aromatic rings. The molecule has 0 aliphatic rings.